The summed E-state index contributed by atoms with van der Waals surface area (Å²) in [7, 11) is 1.78. The maximum Gasteiger partial charge on any atom is 0.324 e. The van der Waals surface area contributed by atoms with Gasteiger partial charge in [-0.1, -0.05) is 11.3 Å². The Labute approximate surface area is 99.6 Å². The summed E-state index contributed by atoms with van der Waals surface area (Å²) in [6.45, 7) is 0. The van der Waals surface area contributed by atoms with Crippen LogP contribution in [0.5, 0.6) is 0 Å². The molecule has 84 valence electrons. The van der Waals surface area contributed by atoms with Gasteiger partial charge in [0.25, 0.3) is 0 Å². The van der Waals surface area contributed by atoms with Crippen LogP contribution in [-0.4, -0.2) is 19.7 Å². The molecule has 0 aliphatic carbocycles. The van der Waals surface area contributed by atoms with Gasteiger partial charge in [0.1, 0.15) is 5.82 Å². The van der Waals surface area contributed by atoms with E-state index in [0.717, 1.165) is 11.3 Å². The van der Waals surface area contributed by atoms with Crippen LogP contribution in [-0.2, 0) is 12.9 Å². The predicted octanol–water partition coefficient (Wildman–Crippen LogP) is 2.19. The molecule has 0 bridgehead atoms. The van der Waals surface area contributed by atoms with E-state index in [9.17, 15) is 10.1 Å². The minimum absolute atomic E-state index is 0.0884. The second-order valence-corrected chi connectivity index (χ2v) is 4.36. The SMILES string of the molecule is Cn1c(CCl)nnc1-c1ccc([N+](=O)[O-])s1. The summed E-state index contributed by atoms with van der Waals surface area (Å²) < 4.78 is 1.72. The summed E-state index contributed by atoms with van der Waals surface area (Å²) in [5.41, 5.74) is 0. The molecule has 0 amide bonds. The van der Waals surface area contributed by atoms with Gasteiger partial charge in [0.2, 0.25) is 0 Å². The number of nitrogens with zero attached hydrogens (tertiary/aromatic N) is 4. The molecule has 6 nitrogen and oxygen atoms in total. The quantitative estimate of drug-likeness (QED) is 0.480. The number of hydrogen-bond acceptors (Lipinski definition) is 5. The molecule has 0 saturated heterocycles. The van der Waals surface area contributed by atoms with Gasteiger partial charge in [-0.25, -0.2) is 0 Å². The van der Waals surface area contributed by atoms with Gasteiger partial charge in [-0.05, 0) is 6.07 Å². The van der Waals surface area contributed by atoms with E-state index in [1.807, 2.05) is 0 Å². The molecule has 0 aliphatic heterocycles. The molecule has 0 atom stereocenters. The van der Waals surface area contributed by atoms with Gasteiger partial charge in [0.05, 0.1) is 15.7 Å². The molecule has 8 heteroatoms. The summed E-state index contributed by atoms with van der Waals surface area (Å²) in [4.78, 5) is 10.8. The standard InChI is InChI=1S/C8H7ClN4O2S/c1-12-6(4-9)10-11-8(12)5-2-3-7(16-5)13(14)15/h2-3H,4H2,1H3. The van der Waals surface area contributed by atoms with Gasteiger partial charge in [0.15, 0.2) is 5.82 Å². The van der Waals surface area contributed by atoms with Crippen LogP contribution in [0.1, 0.15) is 5.82 Å². The normalized spacial score (nSPS) is 10.6. The summed E-state index contributed by atoms with van der Waals surface area (Å²) >= 11 is 6.73. The first-order valence-electron chi connectivity index (χ1n) is 4.32. The number of aromatic nitrogens is 3. The van der Waals surface area contributed by atoms with Crippen LogP contribution < -0.4 is 0 Å². The maximum absolute atomic E-state index is 10.5. The van der Waals surface area contributed by atoms with E-state index < -0.39 is 4.92 Å². The molecule has 2 aromatic rings. The molecular weight excluding hydrogens is 252 g/mol. The Hall–Kier alpha value is -1.47. The highest BCUT2D eigenvalue weighted by molar-refractivity contribution is 7.18. The van der Waals surface area contributed by atoms with E-state index >= 15 is 0 Å². The van der Waals surface area contributed by atoms with Crippen molar-refractivity contribution in [2.45, 2.75) is 5.88 Å². The molecule has 0 aliphatic rings. The molecule has 0 aromatic carbocycles. The summed E-state index contributed by atoms with van der Waals surface area (Å²) in [5, 5.41) is 18.5. The van der Waals surface area contributed by atoms with Crippen molar-refractivity contribution >= 4 is 27.9 Å². The van der Waals surface area contributed by atoms with Gasteiger partial charge in [0, 0.05) is 13.1 Å². The molecule has 0 spiro atoms. The third kappa shape index (κ3) is 1.79. The Morgan fingerprint density at radius 1 is 1.56 bits per heavy atom. The Balaban J connectivity index is 2.42. The van der Waals surface area contributed by atoms with Crippen LogP contribution >= 0.6 is 22.9 Å². The van der Waals surface area contributed by atoms with Crippen molar-refractivity contribution < 1.29 is 4.92 Å². The Morgan fingerprint density at radius 2 is 2.31 bits per heavy atom. The number of hydrogen-bond donors (Lipinski definition) is 0. The molecule has 2 aromatic heterocycles. The van der Waals surface area contributed by atoms with Crippen molar-refractivity contribution in [2.24, 2.45) is 7.05 Å². The van der Waals surface area contributed by atoms with Crippen LogP contribution in [0.3, 0.4) is 0 Å². The highest BCUT2D eigenvalue weighted by Crippen LogP contribution is 2.31. The second-order valence-electron chi connectivity index (χ2n) is 3.03. The lowest BCUT2D eigenvalue weighted by Gasteiger charge is -1.97. The lowest BCUT2D eigenvalue weighted by molar-refractivity contribution is -0.380. The Morgan fingerprint density at radius 3 is 2.81 bits per heavy atom. The van der Waals surface area contributed by atoms with Gasteiger partial charge in [-0.3, -0.25) is 10.1 Å². The topological polar surface area (TPSA) is 73.8 Å². The first-order valence-corrected chi connectivity index (χ1v) is 5.67. The van der Waals surface area contributed by atoms with Crippen molar-refractivity contribution in [1.29, 1.82) is 0 Å². The van der Waals surface area contributed by atoms with E-state index in [0.29, 0.717) is 16.5 Å². The number of rotatable bonds is 3. The molecule has 0 saturated carbocycles. The Bertz CT molecular complexity index is 536. The minimum atomic E-state index is -0.424. The molecule has 16 heavy (non-hydrogen) atoms. The van der Waals surface area contributed by atoms with Crippen molar-refractivity contribution in [1.82, 2.24) is 14.8 Å². The van der Waals surface area contributed by atoms with Gasteiger partial charge in [-0.2, -0.15) is 0 Å². The lowest BCUT2D eigenvalue weighted by atomic mass is 10.4. The average Bonchev–Trinajstić information content (AvgIpc) is 2.83. The second kappa shape index (κ2) is 4.18. The largest absolute Gasteiger partial charge is 0.324 e. The maximum atomic E-state index is 10.5. The van der Waals surface area contributed by atoms with Crippen LogP contribution in [0, 0.1) is 10.1 Å². The molecule has 2 rings (SSSR count). The highest BCUT2D eigenvalue weighted by Gasteiger charge is 2.16. The van der Waals surface area contributed by atoms with Gasteiger partial charge < -0.3 is 4.57 Å². The van der Waals surface area contributed by atoms with Crippen molar-refractivity contribution in [3.63, 3.8) is 0 Å². The third-order valence-electron chi connectivity index (χ3n) is 2.08. The zero-order chi connectivity index (χ0) is 11.7. The number of halogens is 1. The first kappa shape index (κ1) is 11.0. The van der Waals surface area contributed by atoms with Crippen molar-refractivity contribution in [3.05, 3.63) is 28.1 Å². The van der Waals surface area contributed by atoms with E-state index in [2.05, 4.69) is 10.2 Å². The molecule has 2 heterocycles. The molecule has 0 N–H and O–H groups in total. The minimum Gasteiger partial charge on any atom is -0.312 e. The summed E-state index contributed by atoms with van der Waals surface area (Å²) in [5.74, 6) is 1.48. The zero-order valence-corrected chi connectivity index (χ0v) is 9.83. The first-order chi connectivity index (χ1) is 7.63. The van der Waals surface area contributed by atoms with Crippen LogP contribution in [0.4, 0.5) is 5.00 Å². The predicted molar refractivity (Wildman–Crippen MR) is 60.5 cm³/mol. The number of thiophene rings is 1. The number of alkyl halides is 1. The molecule has 0 fully saturated rings. The average molecular weight is 259 g/mol. The van der Waals surface area contributed by atoms with E-state index in [1.165, 1.54) is 6.07 Å². The van der Waals surface area contributed by atoms with Crippen LogP contribution in [0.15, 0.2) is 12.1 Å². The molecular formula is C8H7ClN4O2S. The van der Waals surface area contributed by atoms with Crippen LogP contribution in [0.2, 0.25) is 0 Å². The lowest BCUT2D eigenvalue weighted by Crippen LogP contribution is -1.96. The fraction of sp³-hybridized carbons (Fsp3) is 0.250. The highest BCUT2D eigenvalue weighted by atomic mass is 35.5. The van der Waals surface area contributed by atoms with Crippen molar-refractivity contribution in [2.75, 3.05) is 0 Å². The summed E-state index contributed by atoms with van der Waals surface area (Å²) in [6, 6.07) is 3.11. The smallest absolute Gasteiger partial charge is 0.312 e. The van der Waals surface area contributed by atoms with Crippen molar-refractivity contribution in [3.8, 4) is 10.7 Å². The van der Waals surface area contributed by atoms with Gasteiger partial charge >= 0.3 is 5.00 Å². The molecule has 0 radical (unpaired) electrons. The van der Waals surface area contributed by atoms with E-state index in [-0.39, 0.29) is 10.9 Å². The summed E-state index contributed by atoms with van der Waals surface area (Å²) in [6.07, 6.45) is 0. The Kier molecular flexibility index (Phi) is 2.88. The third-order valence-corrected chi connectivity index (χ3v) is 3.35. The zero-order valence-electron chi connectivity index (χ0n) is 8.25. The molecule has 0 unspecified atom stereocenters. The van der Waals surface area contributed by atoms with E-state index in [4.69, 9.17) is 11.6 Å². The fourth-order valence-corrected chi connectivity index (χ4v) is 2.31. The fourth-order valence-electron chi connectivity index (χ4n) is 1.24. The monoisotopic (exact) mass is 258 g/mol. The number of nitro groups is 1. The van der Waals surface area contributed by atoms with Crippen LogP contribution in [0.25, 0.3) is 10.7 Å². The van der Waals surface area contributed by atoms with E-state index in [1.54, 1.807) is 17.7 Å². The van der Waals surface area contributed by atoms with Gasteiger partial charge in [-0.15, -0.1) is 21.8 Å².